The van der Waals surface area contributed by atoms with Gasteiger partial charge in [-0.05, 0) is 23.6 Å². The van der Waals surface area contributed by atoms with Crippen molar-refractivity contribution in [1.82, 2.24) is 14.8 Å². The van der Waals surface area contributed by atoms with E-state index in [4.69, 9.17) is 5.11 Å². The molecule has 1 aromatic carbocycles. The van der Waals surface area contributed by atoms with Crippen LogP contribution in [0.4, 0.5) is 13.2 Å². The van der Waals surface area contributed by atoms with Gasteiger partial charge in [0.1, 0.15) is 6.33 Å². The van der Waals surface area contributed by atoms with E-state index in [1.807, 2.05) is 0 Å². The van der Waals surface area contributed by atoms with E-state index in [9.17, 15) is 26.4 Å². The predicted molar refractivity (Wildman–Crippen MR) is 90.6 cm³/mol. The number of rotatable bonds is 5. The molecule has 0 atom stereocenters. The first-order chi connectivity index (χ1) is 12.3. The van der Waals surface area contributed by atoms with Crippen molar-refractivity contribution in [2.45, 2.75) is 30.8 Å². The number of carbonyl (C=O) groups is 1. The molecule has 0 bridgehead atoms. The molecule has 0 aliphatic carbocycles. The molecule has 27 heavy (non-hydrogen) atoms. The van der Waals surface area contributed by atoms with Crippen LogP contribution in [0.5, 0.6) is 0 Å². The first-order valence-electron chi connectivity index (χ1n) is 7.58. The van der Waals surface area contributed by atoms with Gasteiger partial charge in [0.15, 0.2) is 15.7 Å². The standard InChI is InChI=1S/C16H16F3N3O4S/c1-9(2)14-11(15-20-8-22(21-15)5-4-13(23)24)6-10(16(17,18)19)7-12(14)27(3,25)26/h4-9H,1-3H3,(H,23,24). The van der Waals surface area contributed by atoms with Crippen molar-refractivity contribution in [3.63, 3.8) is 0 Å². The normalized spacial score (nSPS) is 12.9. The van der Waals surface area contributed by atoms with Gasteiger partial charge in [0, 0.05) is 24.1 Å². The van der Waals surface area contributed by atoms with Crippen LogP contribution in [0.1, 0.15) is 30.9 Å². The Morgan fingerprint density at radius 1 is 1.30 bits per heavy atom. The number of aliphatic carboxylic acids is 1. The van der Waals surface area contributed by atoms with E-state index in [1.165, 1.54) is 0 Å². The van der Waals surface area contributed by atoms with Crippen molar-refractivity contribution >= 4 is 22.0 Å². The molecule has 0 unspecified atom stereocenters. The highest BCUT2D eigenvalue weighted by Crippen LogP contribution is 2.39. The molecule has 0 amide bonds. The number of hydrogen-bond acceptors (Lipinski definition) is 5. The van der Waals surface area contributed by atoms with Gasteiger partial charge in [-0.15, -0.1) is 5.10 Å². The molecule has 0 spiro atoms. The first kappa shape index (κ1) is 20.6. The number of alkyl halides is 3. The zero-order valence-corrected chi connectivity index (χ0v) is 15.3. The third kappa shape index (κ3) is 4.73. The summed E-state index contributed by atoms with van der Waals surface area (Å²) in [5, 5.41) is 12.6. The SMILES string of the molecule is CC(C)c1c(-c2ncn(C=CC(=O)O)n2)cc(C(F)(F)F)cc1S(C)(=O)=O. The van der Waals surface area contributed by atoms with Gasteiger partial charge in [0.05, 0.1) is 10.5 Å². The number of hydrogen-bond donors (Lipinski definition) is 1. The lowest BCUT2D eigenvalue weighted by Crippen LogP contribution is -2.12. The second-order valence-corrected chi connectivity index (χ2v) is 8.05. The third-order valence-corrected chi connectivity index (χ3v) is 4.70. The molecule has 1 heterocycles. The summed E-state index contributed by atoms with van der Waals surface area (Å²) < 4.78 is 65.1. The Morgan fingerprint density at radius 3 is 2.41 bits per heavy atom. The van der Waals surface area contributed by atoms with Crippen LogP contribution >= 0.6 is 0 Å². The van der Waals surface area contributed by atoms with Crippen LogP contribution in [0.3, 0.4) is 0 Å². The molecule has 2 rings (SSSR count). The summed E-state index contributed by atoms with van der Waals surface area (Å²) >= 11 is 0. The maximum atomic E-state index is 13.3. The molecule has 1 N–H and O–H groups in total. The quantitative estimate of drug-likeness (QED) is 0.770. The van der Waals surface area contributed by atoms with Crippen LogP contribution in [-0.2, 0) is 20.8 Å². The fourth-order valence-electron chi connectivity index (χ4n) is 2.49. The summed E-state index contributed by atoms with van der Waals surface area (Å²) in [6, 6.07) is 1.40. The number of nitrogens with zero attached hydrogens (tertiary/aromatic N) is 3. The lowest BCUT2D eigenvalue weighted by molar-refractivity contribution is -0.137. The van der Waals surface area contributed by atoms with Gasteiger partial charge >= 0.3 is 12.1 Å². The lowest BCUT2D eigenvalue weighted by Gasteiger charge is -2.18. The van der Waals surface area contributed by atoms with Gasteiger partial charge in [-0.1, -0.05) is 13.8 Å². The molecule has 1 aromatic heterocycles. The van der Waals surface area contributed by atoms with Crippen LogP contribution in [0.2, 0.25) is 0 Å². The number of carboxylic acid groups (broad SMARTS) is 1. The molecular formula is C16H16F3N3O4S. The smallest absolute Gasteiger partial charge is 0.416 e. The Hall–Kier alpha value is -2.69. The fraction of sp³-hybridized carbons (Fsp3) is 0.312. The second-order valence-electron chi connectivity index (χ2n) is 6.06. The number of halogens is 3. The van der Waals surface area contributed by atoms with Crippen molar-refractivity contribution < 1.29 is 31.5 Å². The van der Waals surface area contributed by atoms with Gasteiger partial charge in [-0.2, -0.15) is 13.2 Å². The molecule has 0 saturated heterocycles. The largest absolute Gasteiger partial charge is 0.478 e. The fourth-order valence-corrected chi connectivity index (χ4v) is 3.57. The van der Waals surface area contributed by atoms with Crippen molar-refractivity contribution in [1.29, 1.82) is 0 Å². The average Bonchev–Trinajstić information content (AvgIpc) is 2.98. The van der Waals surface area contributed by atoms with E-state index in [2.05, 4.69) is 10.1 Å². The minimum atomic E-state index is -4.77. The van der Waals surface area contributed by atoms with Gasteiger partial charge in [-0.25, -0.2) is 22.9 Å². The number of carboxylic acids is 1. The predicted octanol–water partition coefficient (Wildman–Crippen LogP) is 3.05. The van der Waals surface area contributed by atoms with Crippen molar-refractivity contribution in [3.05, 3.63) is 35.7 Å². The molecule has 146 valence electrons. The highest BCUT2D eigenvalue weighted by molar-refractivity contribution is 7.90. The van der Waals surface area contributed by atoms with Crippen LogP contribution in [-0.4, -0.2) is 40.5 Å². The summed E-state index contributed by atoms with van der Waals surface area (Å²) in [6.07, 6.45) is -0.997. The summed E-state index contributed by atoms with van der Waals surface area (Å²) in [5.41, 5.74) is -1.06. The van der Waals surface area contributed by atoms with E-state index >= 15 is 0 Å². The van der Waals surface area contributed by atoms with Crippen molar-refractivity contribution in [2.75, 3.05) is 6.26 Å². The van der Waals surface area contributed by atoms with Gasteiger partial charge < -0.3 is 5.11 Å². The topological polar surface area (TPSA) is 102 Å². The zero-order valence-electron chi connectivity index (χ0n) is 14.5. The Kier molecular flexibility index (Phi) is 5.45. The highest BCUT2D eigenvalue weighted by atomic mass is 32.2. The summed E-state index contributed by atoms with van der Waals surface area (Å²) in [5.74, 6) is -1.83. The maximum absolute atomic E-state index is 13.3. The molecular weight excluding hydrogens is 387 g/mol. The van der Waals surface area contributed by atoms with Crippen molar-refractivity contribution in [2.24, 2.45) is 0 Å². The molecule has 2 aromatic rings. The Bertz CT molecular complexity index is 1010. The molecule has 0 fully saturated rings. The van der Waals surface area contributed by atoms with Gasteiger partial charge in [0.25, 0.3) is 0 Å². The number of benzene rings is 1. The van der Waals surface area contributed by atoms with Crippen LogP contribution in [0, 0.1) is 0 Å². The van der Waals surface area contributed by atoms with Crippen LogP contribution in [0.25, 0.3) is 17.6 Å². The van der Waals surface area contributed by atoms with Gasteiger partial charge in [0.2, 0.25) is 0 Å². The van der Waals surface area contributed by atoms with Gasteiger partial charge in [-0.3, -0.25) is 0 Å². The van der Waals surface area contributed by atoms with E-state index in [1.54, 1.807) is 13.8 Å². The average molecular weight is 403 g/mol. The summed E-state index contributed by atoms with van der Waals surface area (Å²) in [4.78, 5) is 14.0. The minimum absolute atomic E-state index is 0.0808. The summed E-state index contributed by atoms with van der Waals surface area (Å²) in [7, 11) is -3.96. The van der Waals surface area contributed by atoms with Crippen LogP contribution in [0.15, 0.2) is 29.4 Å². The Balaban J connectivity index is 2.79. The number of aromatic nitrogens is 3. The van der Waals surface area contributed by atoms with Crippen LogP contribution < -0.4 is 0 Å². The van der Waals surface area contributed by atoms with Crippen molar-refractivity contribution in [3.8, 4) is 11.4 Å². The Morgan fingerprint density at radius 2 is 1.93 bits per heavy atom. The monoisotopic (exact) mass is 403 g/mol. The second kappa shape index (κ2) is 7.14. The Labute approximate surface area is 153 Å². The molecule has 7 nitrogen and oxygen atoms in total. The third-order valence-electron chi connectivity index (χ3n) is 3.57. The highest BCUT2D eigenvalue weighted by Gasteiger charge is 2.34. The molecule has 0 aliphatic rings. The van der Waals surface area contributed by atoms with E-state index in [0.29, 0.717) is 6.07 Å². The summed E-state index contributed by atoms with van der Waals surface area (Å²) in [6.45, 7) is 3.28. The number of sulfone groups is 1. The lowest BCUT2D eigenvalue weighted by atomic mass is 9.94. The first-order valence-corrected chi connectivity index (χ1v) is 9.47. The molecule has 11 heteroatoms. The molecule has 0 saturated carbocycles. The maximum Gasteiger partial charge on any atom is 0.416 e. The molecule has 0 radical (unpaired) electrons. The van der Waals surface area contributed by atoms with E-state index in [0.717, 1.165) is 35.6 Å². The van der Waals surface area contributed by atoms with E-state index < -0.39 is 38.4 Å². The molecule has 0 aliphatic heterocycles. The zero-order chi connectivity index (χ0) is 20.6. The van der Waals surface area contributed by atoms with E-state index in [-0.39, 0.29) is 17.0 Å². The minimum Gasteiger partial charge on any atom is -0.478 e.